The van der Waals surface area contributed by atoms with Gasteiger partial charge in [-0.2, -0.15) is 0 Å². The van der Waals surface area contributed by atoms with Crippen molar-refractivity contribution in [3.63, 3.8) is 0 Å². The molecular weight excluding hydrogens is 510 g/mol. The summed E-state index contributed by atoms with van der Waals surface area (Å²) in [6.07, 6.45) is 0. The first-order valence-corrected chi connectivity index (χ1v) is 13.0. The summed E-state index contributed by atoms with van der Waals surface area (Å²) in [5.74, 6) is 0.0397. The lowest BCUT2D eigenvalue weighted by molar-refractivity contribution is -0.132. The van der Waals surface area contributed by atoms with E-state index in [9.17, 15) is 14.7 Å². The quantitative estimate of drug-likeness (QED) is 0.210. The normalized spacial score (nSPS) is 16.7. The lowest BCUT2D eigenvalue weighted by Gasteiger charge is -2.26. The van der Waals surface area contributed by atoms with E-state index in [0.717, 1.165) is 5.56 Å². The first kappa shape index (κ1) is 28.5. The molecule has 1 saturated heterocycles. The maximum atomic E-state index is 13.7. The van der Waals surface area contributed by atoms with E-state index < -0.39 is 17.7 Å². The smallest absolute Gasteiger partial charge is 0.300 e. The van der Waals surface area contributed by atoms with Crippen LogP contribution >= 0.6 is 0 Å². The molecule has 1 atom stereocenters. The number of hydrogen-bond donors (Lipinski definition) is 1. The van der Waals surface area contributed by atoms with E-state index in [-0.39, 0.29) is 16.7 Å². The van der Waals surface area contributed by atoms with Crippen LogP contribution in [0.5, 0.6) is 23.0 Å². The Hall–Kier alpha value is -4.46. The van der Waals surface area contributed by atoms with Crippen LogP contribution < -0.4 is 23.8 Å². The SMILES string of the molecule is CCOc1cc(C2/C(=C(\O)c3cc(C(C)(C)C)ccc3OC)C(=O)C(=O)N2c2ccc(OC)cc2)ccc1OC. The van der Waals surface area contributed by atoms with Crippen LogP contribution in [-0.2, 0) is 15.0 Å². The first-order valence-electron chi connectivity index (χ1n) is 13.0. The Morgan fingerprint density at radius 2 is 1.50 bits per heavy atom. The number of ether oxygens (including phenoxy) is 4. The molecule has 0 aliphatic carbocycles. The Bertz CT molecular complexity index is 1450. The van der Waals surface area contributed by atoms with Crippen LogP contribution in [0.1, 0.15) is 50.4 Å². The highest BCUT2D eigenvalue weighted by Gasteiger charge is 2.47. The van der Waals surface area contributed by atoms with Crippen molar-refractivity contribution in [2.75, 3.05) is 32.8 Å². The van der Waals surface area contributed by atoms with E-state index in [4.69, 9.17) is 18.9 Å². The molecular formula is C32H35NO7. The van der Waals surface area contributed by atoms with E-state index in [1.165, 1.54) is 19.1 Å². The molecule has 0 spiro atoms. The standard InChI is InChI=1S/C32H35NO7/c1-8-40-26-17-19(9-15-25(26)39-7)28-27(29(34)23-18-20(32(2,3)4)10-16-24(23)38-6)30(35)31(36)33(28)21-11-13-22(37-5)14-12-21/h9-18,28,34H,8H2,1-7H3/b29-27+. The predicted octanol–water partition coefficient (Wildman–Crippen LogP) is 6.03. The predicted molar refractivity (Wildman–Crippen MR) is 154 cm³/mol. The fourth-order valence-electron chi connectivity index (χ4n) is 4.79. The topological polar surface area (TPSA) is 94.5 Å². The monoisotopic (exact) mass is 545 g/mol. The average Bonchev–Trinajstić information content (AvgIpc) is 3.21. The van der Waals surface area contributed by atoms with Crippen molar-refractivity contribution in [3.05, 3.63) is 82.9 Å². The number of hydrogen-bond acceptors (Lipinski definition) is 7. The summed E-state index contributed by atoms with van der Waals surface area (Å²) in [4.78, 5) is 28.7. The summed E-state index contributed by atoms with van der Waals surface area (Å²) in [5, 5.41) is 11.8. The minimum Gasteiger partial charge on any atom is -0.507 e. The van der Waals surface area contributed by atoms with Gasteiger partial charge in [0.2, 0.25) is 0 Å². The van der Waals surface area contributed by atoms with Crippen LogP contribution in [-0.4, -0.2) is 44.7 Å². The third-order valence-electron chi connectivity index (χ3n) is 6.92. The second-order valence-electron chi connectivity index (χ2n) is 10.4. The second kappa shape index (κ2) is 11.3. The Morgan fingerprint density at radius 1 is 0.850 bits per heavy atom. The van der Waals surface area contributed by atoms with Crippen molar-refractivity contribution >= 4 is 23.1 Å². The van der Waals surface area contributed by atoms with Crippen LogP contribution in [0.25, 0.3) is 5.76 Å². The number of ketones is 1. The number of nitrogens with zero attached hydrogens (tertiary/aromatic N) is 1. The van der Waals surface area contributed by atoms with Gasteiger partial charge in [0.1, 0.15) is 17.3 Å². The van der Waals surface area contributed by atoms with Crippen molar-refractivity contribution in [2.24, 2.45) is 0 Å². The first-order chi connectivity index (χ1) is 19.0. The minimum atomic E-state index is -0.957. The summed E-state index contributed by atoms with van der Waals surface area (Å²) in [6, 6.07) is 16.5. The van der Waals surface area contributed by atoms with Crippen molar-refractivity contribution in [1.29, 1.82) is 0 Å². The number of carbonyl (C=O) groups is 2. The summed E-state index contributed by atoms with van der Waals surface area (Å²) >= 11 is 0. The highest BCUT2D eigenvalue weighted by atomic mass is 16.5. The zero-order valence-corrected chi connectivity index (χ0v) is 23.9. The lowest BCUT2D eigenvalue weighted by Crippen LogP contribution is -2.29. The van der Waals surface area contributed by atoms with Gasteiger partial charge in [0.05, 0.1) is 45.1 Å². The Morgan fingerprint density at radius 3 is 2.08 bits per heavy atom. The van der Waals surface area contributed by atoms with E-state index >= 15 is 0 Å². The molecule has 4 rings (SSSR count). The molecule has 1 heterocycles. The number of Topliss-reactive ketones (excluding diaryl/α,β-unsaturated/α-hetero) is 1. The van der Waals surface area contributed by atoms with Crippen LogP contribution in [0.15, 0.2) is 66.2 Å². The molecule has 0 radical (unpaired) electrons. The van der Waals surface area contributed by atoms with Crippen molar-refractivity contribution in [3.8, 4) is 23.0 Å². The molecule has 1 N–H and O–H groups in total. The van der Waals surface area contributed by atoms with Gasteiger partial charge in [-0.05, 0) is 72.0 Å². The average molecular weight is 546 g/mol. The zero-order chi connectivity index (χ0) is 29.2. The molecule has 3 aromatic carbocycles. The number of carbonyl (C=O) groups excluding carboxylic acids is 2. The number of amides is 1. The maximum Gasteiger partial charge on any atom is 0.300 e. The van der Waals surface area contributed by atoms with E-state index in [1.807, 2.05) is 33.8 Å². The van der Waals surface area contributed by atoms with E-state index in [2.05, 4.69) is 0 Å². The van der Waals surface area contributed by atoms with Crippen molar-refractivity contribution in [1.82, 2.24) is 0 Å². The number of aliphatic hydroxyl groups is 1. The zero-order valence-electron chi connectivity index (χ0n) is 23.9. The third-order valence-corrected chi connectivity index (χ3v) is 6.92. The summed E-state index contributed by atoms with van der Waals surface area (Å²) in [5.41, 5.74) is 1.99. The third kappa shape index (κ3) is 5.21. The molecule has 1 amide bonds. The molecule has 8 heteroatoms. The number of methoxy groups -OCH3 is 3. The van der Waals surface area contributed by atoms with E-state index in [1.54, 1.807) is 61.7 Å². The fraction of sp³-hybridized carbons (Fsp3) is 0.312. The van der Waals surface area contributed by atoms with Gasteiger partial charge in [-0.15, -0.1) is 0 Å². The van der Waals surface area contributed by atoms with Crippen LogP contribution in [0.4, 0.5) is 5.69 Å². The van der Waals surface area contributed by atoms with Crippen LogP contribution in [0.2, 0.25) is 0 Å². The number of rotatable bonds is 8. The highest BCUT2D eigenvalue weighted by Crippen LogP contribution is 2.45. The van der Waals surface area contributed by atoms with E-state index in [0.29, 0.717) is 46.4 Å². The maximum absolute atomic E-state index is 13.7. The molecule has 0 bridgehead atoms. The van der Waals surface area contributed by atoms with Crippen molar-refractivity contribution < 1.29 is 33.6 Å². The Labute approximate surface area is 234 Å². The molecule has 40 heavy (non-hydrogen) atoms. The van der Waals surface area contributed by atoms with Crippen molar-refractivity contribution in [2.45, 2.75) is 39.2 Å². The summed E-state index contributed by atoms with van der Waals surface area (Å²) < 4.78 is 22.1. The molecule has 1 aliphatic heterocycles. The molecule has 0 saturated carbocycles. The molecule has 1 fully saturated rings. The van der Waals surface area contributed by atoms with Gasteiger partial charge in [-0.1, -0.05) is 32.9 Å². The van der Waals surface area contributed by atoms with Crippen LogP contribution in [0.3, 0.4) is 0 Å². The Kier molecular flexibility index (Phi) is 8.09. The summed E-state index contributed by atoms with van der Waals surface area (Å²) in [7, 11) is 4.58. The van der Waals surface area contributed by atoms with Crippen LogP contribution in [0, 0.1) is 0 Å². The number of anilines is 1. The molecule has 1 aliphatic rings. The van der Waals surface area contributed by atoms with Gasteiger partial charge in [-0.25, -0.2) is 0 Å². The molecule has 210 valence electrons. The van der Waals surface area contributed by atoms with Gasteiger partial charge < -0.3 is 24.1 Å². The molecule has 8 nitrogen and oxygen atoms in total. The van der Waals surface area contributed by atoms with Gasteiger partial charge in [0.15, 0.2) is 11.5 Å². The molecule has 3 aromatic rings. The fourth-order valence-corrected chi connectivity index (χ4v) is 4.79. The number of benzene rings is 3. The molecule has 1 unspecified atom stereocenters. The Balaban J connectivity index is 2.01. The largest absolute Gasteiger partial charge is 0.507 e. The number of aliphatic hydroxyl groups excluding tert-OH is 1. The van der Waals surface area contributed by atoms with Gasteiger partial charge in [-0.3, -0.25) is 14.5 Å². The van der Waals surface area contributed by atoms with Gasteiger partial charge in [0.25, 0.3) is 11.7 Å². The second-order valence-corrected chi connectivity index (χ2v) is 10.4. The van der Waals surface area contributed by atoms with Gasteiger partial charge in [0, 0.05) is 5.69 Å². The lowest BCUT2D eigenvalue weighted by atomic mass is 9.85. The highest BCUT2D eigenvalue weighted by molar-refractivity contribution is 6.51. The molecule has 0 aromatic heterocycles. The summed E-state index contributed by atoms with van der Waals surface area (Å²) in [6.45, 7) is 8.38. The van der Waals surface area contributed by atoms with Gasteiger partial charge >= 0.3 is 0 Å². The minimum absolute atomic E-state index is 0.0576.